The van der Waals surface area contributed by atoms with Gasteiger partial charge in [0.2, 0.25) is 0 Å². The van der Waals surface area contributed by atoms with Crippen LogP contribution < -0.4 is 4.74 Å². The van der Waals surface area contributed by atoms with Crippen LogP contribution in [0.1, 0.15) is 16.1 Å². The van der Waals surface area contributed by atoms with E-state index in [1.165, 1.54) is 0 Å². The monoisotopic (exact) mass is 301 g/mol. The van der Waals surface area contributed by atoms with Crippen LogP contribution in [-0.4, -0.2) is 45.6 Å². The number of nitrogens with zero attached hydrogens (tertiary/aromatic N) is 2. The van der Waals surface area contributed by atoms with E-state index in [0.717, 1.165) is 47.2 Å². The van der Waals surface area contributed by atoms with Crippen LogP contribution in [0.3, 0.4) is 0 Å². The van der Waals surface area contributed by atoms with Gasteiger partial charge in [0.1, 0.15) is 23.7 Å². The van der Waals surface area contributed by atoms with Gasteiger partial charge in [-0.2, -0.15) is 16.9 Å². The summed E-state index contributed by atoms with van der Waals surface area (Å²) in [6, 6.07) is 7.79. The minimum absolute atomic E-state index is 0.0343. The van der Waals surface area contributed by atoms with Gasteiger partial charge in [-0.15, -0.1) is 0 Å². The van der Waals surface area contributed by atoms with E-state index in [9.17, 15) is 4.79 Å². The molecule has 0 radical (unpaired) electrons. The molecule has 5 nitrogen and oxygen atoms in total. The Bertz CT molecular complexity index is 692. The van der Waals surface area contributed by atoms with Crippen LogP contribution in [0.25, 0.3) is 11.3 Å². The summed E-state index contributed by atoms with van der Waals surface area (Å²) < 4.78 is 5.75. The quantitative estimate of drug-likeness (QED) is 0.877. The van der Waals surface area contributed by atoms with Crippen molar-refractivity contribution in [3.8, 4) is 17.0 Å². The fourth-order valence-corrected chi connectivity index (χ4v) is 3.67. The lowest BCUT2D eigenvalue weighted by Crippen LogP contribution is -2.38. The Morgan fingerprint density at radius 3 is 2.95 bits per heavy atom. The van der Waals surface area contributed by atoms with Crippen molar-refractivity contribution in [2.24, 2.45) is 0 Å². The zero-order chi connectivity index (χ0) is 14.2. The topological polar surface area (TPSA) is 58.2 Å². The number of aromatic amines is 1. The summed E-state index contributed by atoms with van der Waals surface area (Å²) in [6.07, 6.45) is 0. The van der Waals surface area contributed by atoms with E-state index in [1.807, 2.05) is 40.9 Å². The summed E-state index contributed by atoms with van der Waals surface area (Å²) in [7, 11) is 0. The number of hydrogen-bond donors (Lipinski definition) is 1. The van der Waals surface area contributed by atoms with Crippen LogP contribution in [0, 0.1) is 0 Å². The molecule has 2 aliphatic heterocycles. The number of H-pyrrole nitrogens is 1. The molecule has 2 aliphatic rings. The second-order valence-corrected chi connectivity index (χ2v) is 6.34. The molecule has 3 heterocycles. The minimum atomic E-state index is 0.0343. The summed E-state index contributed by atoms with van der Waals surface area (Å²) in [4.78, 5) is 14.5. The molecule has 1 saturated heterocycles. The number of thioether (sulfide) groups is 1. The zero-order valence-corrected chi connectivity index (χ0v) is 12.3. The third-order valence-electron chi connectivity index (χ3n) is 3.89. The molecule has 1 amide bonds. The molecular weight excluding hydrogens is 286 g/mol. The van der Waals surface area contributed by atoms with Gasteiger partial charge in [-0.1, -0.05) is 12.1 Å². The highest BCUT2D eigenvalue weighted by molar-refractivity contribution is 7.99. The van der Waals surface area contributed by atoms with Crippen molar-refractivity contribution in [1.82, 2.24) is 15.1 Å². The number of amides is 1. The Morgan fingerprint density at radius 2 is 2.10 bits per heavy atom. The summed E-state index contributed by atoms with van der Waals surface area (Å²) in [5.41, 5.74) is 3.23. The van der Waals surface area contributed by atoms with Gasteiger partial charge in [0.25, 0.3) is 5.91 Å². The van der Waals surface area contributed by atoms with Crippen LogP contribution in [0.4, 0.5) is 0 Å². The van der Waals surface area contributed by atoms with Gasteiger partial charge < -0.3 is 9.64 Å². The molecule has 0 aliphatic carbocycles. The van der Waals surface area contributed by atoms with Crippen LogP contribution >= 0.6 is 11.8 Å². The lowest BCUT2D eigenvalue weighted by molar-refractivity contribution is 0.0763. The lowest BCUT2D eigenvalue weighted by atomic mass is 10.0. The van der Waals surface area contributed by atoms with Gasteiger partial charge in [-0.05, 0) is 12.1 Å². The molecule has 21 heavy (non-hydrogen) atoms. The molecule has 0 atom stereocenters. The molecule has 0 unspecified atom stereocenters. The summed E-state index contributed by atoms with van der Waals surface area (Å²) in [5, 5.41) is 7.28. The van der Waals surface area contributed by atoms with Crippen molar-refractivity contribution in [2.75, 3.05) is 24.6 Å². The second kappa shape index (κ2) is 5.11. The number of hydrogen-bond acceptors (Lipinski definition) is 4. The van der Waals surface area contributed by atoms with E-state index in [0.29, 0.717) is 12.3 Å². The van der Waals surface area contributed by atoms with Gasteiger partial charge in [0.05, 0.1) is 0 Å². The molecule has 6 heteroatoms. The van der Waals surface area contributed by atoms with Gasteiger partial charge in [-0.3, -0.25) is 9.89 Å². The average Bonchev–Trinajstić information content (AvgIpc) is 2.99. The third kappa shape index (κ3) is 2.10. The fourth-order valence-electron chi connectivity index (χ4n) is 2.77. The Morgan fingerprint density at radius 1 is 1.29 bits per heavy atom. The highest BCUT2D eigenvalue weighted by Gasteiger charge is 2.29. The van der Waals surface area contributed by atoms with Crippen LogP contribution in [0.5, 0.6) is 5.75 Å². The fraction of sp³-hybridized carbons (Fsp3) is 0.333. The second-order valence-electron chi connectivity index (χ2n) is 5.12. The predicted octanol–water partition coefficient (Wildman–Crippen LogP) is 2.16. The SMILES string of the molecule is O=C(c1[nH]nc2c1COc1ccccc1-2)N1CCSCC1. The molecule has 108 valence electrons. The highest BCUT2D eigenvalue weighted by Crippen LogP contribution is 2.37. The Kier molecular flexibility index (Phi) is 3.11. The van der Waals surface area contributed by atoms with Crippen molar-refractivity contribution < 1.29 is 9.53 Å². The van der Waals surface area contributed by atoms with Crippen molar-refractivity contribution >= 4 is 17.7 Å². The number of carbonyl (C=O) groups excluding carboxylic acids is 1. The van der Waals surface area contributed by atoms with Gasteiger partial charge in [0, 0.05) is 35.7 Å². The third-order valence-corrected chi connectivity index (χ3v) is 4.84. The lowest BCUT2D eigenvalue weighted by Gasteiger charge is -2.26. The molecular formula is C15H15N3O2S. The van der Waals surface area contributed by atoms with Gasteiger partial charge >= 0.3 is 0 Å². The maximum absolute atomic E-state index is 12.6. The number of aromatic nitrogens is 2. The van der Waals surface area contributed by atoms with Crippen molar-refractivity contribution in [3.63, 3.8) is 0 Å². The van der Waals surface area contributed by atoms with E-state index >= 15 is 0 Å². The first-order valence-electron chi connectivity index (χ1n) is 7.01. The molecule has 0 spiro atoms. The largest absolute Gasteiger partial charge is 0.488 e. The summed E-state index contributed by atoms with van der Waals surface area (Å²) in [5.74, 6) is 2.86. The van der Waals surface area contributed by atoms with E-state index in [1.54, 1.807) is 0 Å². The maximum Gasteiger partial charge on any atom is 0.272 e. The first-order chi connectivity index (χ1) is 10.3. The molecule has 1 N–H and O–H groups in total. The number of carbonyl (C=O) groups is 1. The number of benzene rings is 1. The van der Waals surface area contributed by atoms with Crippen molar-refractivity contribution in [2.45, 2.75) is 6.61 Å². The zero-order valence-electron chi connectivity index (χ0n) is 11.5. The van der Waals surface area contributed by atoms with E-state index in [2.05, 4.69) is 10.2 Å². The highest BCUT2D eigenvalue weighted by atomic mass is 32.2. The summed E-state index contributed by atoms with van der Waals surface area (Å²) in [6.45, 7) is 2.00. The number of nitrogens with one attached hydrogen (secondary N) is 1. The first-order valence-corrected chi connectivity index (χ1v) is 8.16. The van der Waals surface area contributed by atoms with Gasteiger partial charge in [-0.25, -0.2) is 0 Å². The smallest absolute Gasteiger partial charge is 0.272 e. The number of ether oxygens (including phenoxy) is 1. The summed E-state index contributed by atoms with van der Waals surface area (Å²) >= 11 is 1.89. The van der Waals surface area contributed by atoms with Crippen LogP contribution in [0.2, 0.25) is 0 Å². The number of rotatable bonds is 1. The number of fused-ring (bicyclic) bond motifs is 3. The van der Waals surface area contributed by atoms with Crippen LogP contribution in [-0.2, 0) is 6.61 Å². The van der Waals surface area contributed by atoms with E-state index in [4.69, 9.17) is 4.74 Å². The Hall–Kier alpha value is -1.95. The maximum atomic E-state index is 12.6. The van der Waals surface area contributed by atoms with Crippen LogP contribution in [0.15, 0.2) is 24.3 Å². The minimum Gasteiger partial charge on any atom is -0.488 e. The molecule has 0 saturated carbocycles. The molecule has 1 aromatic carbocycles. The normalized spacial score (nSPS) is 16.9. The molecule has 1 fully saturated rings. The van der Waals surface area contributed by atoms with E-state index in [-0.39, 0.29) is 5.91 Å². The number of para-hydroxylation sites is 1. The Labute approximate surface area is 126 Å². The average molecular weight is 301 g/mol. The van der Waals surface area contributed by atoms with Gasteiger partial charge in [0.15, 0.2) is 0 Å². The standard InChI is InChI=1S/C15H15N3O2S/c19-15(18-5-7-21-8-6-18)14-11-9-20-12-4-2-1-3-10(12)13(11)16-17-14/h1-4H,5-9H2,(H,16,17). The predicted molar refractivity (Wildman–Crippen MR) is 81.6 cm³/mol. The first kappa shape index (κ1) is 12.8. The van der Waals surface area contributed by atoms with Crippen molar-refractivity contribution in [1.29, 1.82) is 0 Å². The molecule has 2 aromatic rings. The molecule has 4 rings (SSSR count). The Balaban J connectivity index is 1.71. The van der Waals surface area contributed by atoms with E-state index < -0.39 is 0 Å². The molecule has 0 bridgehead atoms. The van der Waals surface area contributed by atoms with Crippen molar-refractivity contribution in [3.05, 3.63) is 35.5 Å². The molecule has 1 aromatic heterocycles.